The molecule has 2 atom stereocenters. The number of alkyl halides is 1. The summed E-state index contributed by atoms with van der Waals surface area (Å²) in [6.07, 6.45) is -0.584. The number of likely N-dealkylation sites (tertiary alicyclic amines) is 1. The SMILES string of the molecule is CC(C)(C)OC(=O)N1CC(CF)C(C(=O)O)C1. The van der Waals surface area contributed by atoms with E-state index >= 15 is 0 Å². The molecule has 5 nitrogen and oxygen atoms in total. The van der Waals surface area contributed by atoms with Crippen LogP contribution in [0.2, 0.25) is 0 Å². The van der Waals surface area contributed by atoms with Crippen molar-refractivity contribution in [2.45, 2.75) is 26.4 Å². The molecule has 6 heteroatoms. The second kappa shape index (κ2) is 4.89. The number of hydrogen-bond acceptors (Lipinski definition) is 3. The van der Waals surface area contributed by atoms with Gasteiger partial charge in [-0.25, -0.2) is 4.79 Å². The van der Waals surface area contributed by atoms with Gasteiger partial charge in [0.25, 0.3) is 0 Å². The highest BCUT2D eigenvalue weighted by molar-refractivity contribution is 5.74. The minimum Gasteiger partial charge on any atom is -0.481 e. The smallest absolute Gasteiger partial charge is 0.410 e. The summed E-state index contributed by atoms with van der Waals surface area (Å²) in [6, 6.07) is 0. The number of carboxylic acid groups (broad SMARTS) is 1. The predicted octanol–water partition coefficient (Wildman–Crippen LogP) is 1.52. The first-order chi connectivity index (χ1) is 7.74. The van der Waals surface area contributed by atoms with Gasteiger partial charge in [0.05, 0.1) is 12.6 Å². The van der Waals surface area contributed by atoms with E-state index in [-0.39, 0.29) is 13.1 Å². The molecule has 0 saturated carbocycles. The quantitative estimate of drug-likeness (QED) is 0.803. The number of aliphatic carboxylic acids is 1. The zero-order valence-electron chi connectivity index (χ0n) is 10.3. The molecule has 1 rings (SSSR count). The first kappa shape index (κ1) is 13.7. The fraction of sp³-hybridized carbons (Fsp3) is 0.818. The van der Waals surface area contributed by atoms with Crippen molar-refractivity contribution >= 4 is 12.1 Å². The largest absolute Gasteiger partial charge is 0.481 e. The van der Waals surface area contributed by atoms with Crippen LogP contribution in [0.1, 0.15) is 20.8 Å². The Morgan fingerprint density at radius 3 is 2.35 bits per heavy atom. The Hall–Kier alpha value is -1.33. The highest BCUT2D eigenvalue weighted by Crippen LogP contribution is 2.25. The lowest BCUT2D eigenvalue weighted by molar-refractivity contribution is -0.142. The van der Waals surface area contributed by atoms with Crippen LogP contribution >= 0.6 is 0 Å². The fourth-order valence-electron chi connectivity index (χ4n) is 1.78. The van der Waals surface area contributed by atoms with E-state index in [0.29, 0.717) is 0 Å². The summed E-state index contributed by atoms with van der Waals surface area (Å²) in [4.78, 5) is 23.8. The Labute approximate surface area is 99.5 Å². The van der Waals surface area contributed by atoms with Crippen molar-refractivity contribution in [2.24, 2.45) is 11.8 Å². The summed E-state index contributed by atoms with van der Waals surface area (Å²) >= 11 is 0. The lowest BCUT2D eigenvalue weighted by atomic mass is 9.98. The Kier molecular flexibility index (Phi) is 3.95. The van der Waals surface area contributed by atoms with Gasteiger partial charge in [-0.05, 0) is 20.8 Å². The van der Waals surface area contributed by atoms with Crippen LogP contribution < -0.4 is 0 Å². The van der Waals surface area contributed by atoms with Gasteiger partial charge in [0.15, 0.2) is 0 Å². The number of halogens is 1. The zero-order chi connectivity index (χ0) is 13.2. The van der Waals surface area contributed by atoms with Crippen molar-refractivity contribution in [3.63, 3.8) is 0 Å². The van der Waals surface area contributed by atoms with Gasteiger partial charge in [-0.1, -0.05) is 0 Å². The average molecular weight is 247 g/mol. The topological polar surface area (TPSA) is 66.8 Å². The summed E-state index contributed by atoms with van der Waals surface area (Å²) in [5, 5.41) is 8.90. The monoisotopic (exact) mass is 247 g/mol. The Morgan fingerprint density at radius 1 is 1.41 bits per heavy atom. The third-order valence-corrected chi connectivity index (χ3v) is 2.61. The summed E-state index contributed by atoms with van der Waals surface area (Å²) in [5.74, 6) is -2.55. The molecule has 0 aliphatic carbocycles. The molecule has 0 aromatic rings. The first-order valence-corrected chi connectivity index (χ1v) is 5.51. The van der Waals surface area contributed by atoms with Gasteiger partial charge in [-0.3, -0.25) is 9.18 Å². The number of amides is 1. The van der Waals surface area contributed by atoms with Gasteiger partial charge < -0.3 is 14.7 Å². The van der Waals surface area contributed by atoms with E-state index in [1.807, 2.05) is 0 Å². The summed E-state index contributed by atoms with van der Waals surface area (Å²) in [5.41, 5.74) is -0.635. The number of carbonyl (C=O) groups excluding carboxylic acids is 1. The van der Waals surface area contributed by atoms with Gasteiger partial charge in [0.1, 0.15) is 5.60 Å². The van der Waals surface area contributed by atoms with Crippen molar-refractivity contribution < 1.29 is 23.8 Å². The van der Waals surface area contributed by atoms with Gasteiger partial charge >= 0.3 is 12.1 Å². The van der Waals surface area contributed by atoms with E-state index in [0.717, 1.165) is 0 Å². The van der Waals surface area contributed by atoms with Crippen LogP contribution in [0.15, 0.2) is 0 Å². The van der Waals surface area contributed by atoms with Crippen molar-refractivity contribution in [1.82, 2.24) is 4.90 Å². The van der Waals surface area contributed by atoms with E-state index in [1.165, 1.54) is 4.90 Å². The molecular weight excluding hydrogens is 229 g/mol. The number of carbonyl (C=O) groups is 2. The van der Waals surface area contributed by atoms with Crippen LogP contribution in [0.3, 0.4) is 0 Å². The van der Waals surface area contributed by atoms with Crippen molar-refractivity contribution in [2.75, 3.05) is 19.8 Å². The molecule has 1 saturated heterocycles. The molecule has 1 fully saturated rings. The second-order valence-electron chi connectivity index (χ2n) is 5.24. The van der Waals surface area contributed by atoms with E-state index in [9.17, 15) is 14.0 Å². The molecule has 1 N–H and O–H groups in total. The molecule has 98 valence electrons. The van der Waals surface area contributed by atoms with Crippen molar-refractivity contribution in [3.8, 4) is 0 Å². The molecule has 1 amide bonds. The average Bonchev–Trinajstić information content (AvgIpc) is 2.58. The highest BCUT2D eigenvalue weighted by Gasteiger charge is 2.40. The molecule has 2 unspecified atom stereocenters. The lowest BCUT2D eigenvalue weighted by Crippen LogP contribution is -2.36. The molecule has 1 aliphatic heterocycles. The van der Waals surface area contributed by atoms with Gasteiger partial charge in [0.2, 0.25) is 0 Å². The Morgan fingerprint density at radius 2 is 2.00 bits per heavy atom. The minimum atomic E-state index is -1.07. The third kappa shape index (κ3) is 3.57. The molecule has 0 aromatic heterocycles. The fourth-order valence-corrected chi connectivity index (χ4v) is 1.78. The maximum atomic E-state index is 12.6. The summed E-state index contributed by atoms with van der Waals surface area (Å²) in [7, 11) is 0. The van der Waals surface area contributed by atoms with Crippen molar-refractivity contribution in [3.05, 3.63) is 0 Å². The normalized spacial score (nSPS) is 24.8. The Balaban J connectivity index is 2.64. The number of carboxylic acids is 1. The van der Waals surface area contributed by atoms with Crippen LogP contribution in [0.25, 0.3) is 0 Å². The zero-order valence-corrected chi connectivity index (χ0v) is 10.3. The molecule has 0 spiro atoms. The lowest BCUT2D eigenvalue weighted by Gasteiger charge is -2.24. The number of ether oxygens (including phenoxy) is 1. The van der Waals surface area contributed by atoms with Crippen LogP contribution in [-0.4, -0.2) is 47.4 Å². The molecule has 1 aliphatic rings. The minimum absolute atomic E-state index is 0.0127. The number of nitrogens with zero attached hydrogens (tertiary/aromatic N) is 1. The number of rotatable bonds is 2. The molecule has 17 heavy (non-hydrogen) atoms. The van der Waals surface area contributed by atoms with Gasteiger partial charge in [-0.2, -0.15) is 0 Å². The van der Waals surface area contributed by atoms with Crippen LogP contribution in [0.4, 0.5) is 9.18 Å². The molecule has 1 heterocycles. The molecular formula is C11H18FNO4. The van der Waals surface area contributed by atoms with E-state index in [1.54, 1.807) is 20.8 Å². The summed E-state index contributed by atoms with van der Waals surface area (Å²) < 4.78 is 17.8. The maximum absolute atomic E-state index is 12.6. The van der Waals surface area contributed by atoms with Crippen LogP contribution in [0, 0.1) is 11.8 Å². The molecule has 0 radical (unpaired) electrons. The predicted molar refractivity (Wildman–Crippen MR) is 58.4 cm³/mol. The van der Waals surface area contributed by atoms with Gasteiger partial charge in [0, 0.05) is 19.0 Å². The standard InChI is InChI=1S/C11H18FNO4/c1-11(2,3)17-10(16)13-5-7(4-12)8(6-13)9(14)15/h7-8H,4-6H2,1-3H3,(H,14,15). The first-order valence-electron chi connectivity index (χ1n) is 5.51. The van der Waals surface area contributed by atoms with E-state index in [4.69, 9.17) is 9.84 Å². The Bertz CT molecular complexity index is 313. The van der Waals surface area contributed by atoms with Crippen LogP contribution in [-0.2, 0) is 9.53 Å². The third-order valence-electron chi connectivity index (χ3n) is 2.61. The summed E-state index contributed by atoms with van der Waals surface area (Å²) in [6.45, 7) is 4.55. The van der Waals surface area contributed by atoms with Gasteiger partial charge in [-0.15, -0.1) is 0 Å². The van der Waals surface area contributed by atoms with E-state index < -0.39 is 36.2 Å². The second-order valence-corrected chi connectivity index (χ2v) is 5.24. The van der Waals surface area contributed by atoms with Crippen LogP contribution in [0.5, 0.6) is 0 Å². The number of hydrogen-bond donors (Lipinski definition) is 1. The molecule has 0 aromatic carbocycles. The maximum Gasteiger partial charge on any atom is 0.410 e. The van der Waals surface area contributed by atoms with E-state index in [2.05, 4.69) is 0 Å². The van der Waals surface area contributed by atoms with Crippen molar-refractivity contribution in [1.29, 1.82) is 0 Å². The molecule has 0 bridgehead atoms. The highest BCUT2D eigenvalue weighted by atomic mass is 19.1.